The fourth-order valence-electron chi connectivity index (χ4n) is 3.23. The predicted octanol–water partition coefficient (Wildman–Crippen LogP) is 4.33. The van der Waals surface area contributed by atoms with E-state index in [1.54, 1.807) is 16.4 Å². The van der Waals surface area contributed by atoms with Crippen LogP contribution in [-0.4, -0.2) is 32.5 Å². The summed E-state index contributed by atoms with van der Waals surface area (Å²) in [6, 6.07) is 17.1. The second-order valence-electron chi connectivity index (χ2n) is 7.72. The Morgan fingerprint density at radius 2 is 1.56 bits per heavy atom. The highest BCUT2D eigenvalue weighted by Gasteiger charge is 2.59. The van der Waals surface area contributed by atoms with Gasteiger partial charge in [0.25, 0.3) is 0 Å². The van der Waals surface area contributed by atoms with Gasteiger partial charge in [-0.2, -0.15) is 4.31 Å². The molecule has 1 saturated heterocycles. The molecule has 3 atom stereocenters. The van der Waals surface area contributed by atoms with Gasteiger partial charge in [0.1, 0.15) is 0 Å². The van der Waals surface area contributed by atoms with E-state index in [0.29, 0.717) is 4.90 Å². The topological polar surface area (TPSA) is 37.1 Å². The Morgan fingerprint density at radius 1 is 0.960 bits per heavy atom. The van der Waals surface area contributed by atoms with Crippen LogP contribution >= 0.6 is 0 Å². The second kappa shape index (κ2) is 6.55. The van der Waals surface area contributed by atoms with Gasteiger partial charge in [-0.1, -0.05) is 79.8 Å². The van der Waals surface area contributed by atoms with Gasteiger partial charge in [0.15, 0.2) is 0 Å². The zero-order chi connectivity index (χ0) is 18.2. The quantitative estimate of drug-likeness (QED) is 0.579. The lowest BCUT2D eigenvalue weighted by Crippen LogP contribution is -2.33. The number of benzene rings is 2. The van der Waals surface area contributed by atoms with Crippen molar-refractivity contribution >= 4 is 24.2 Å². The van der Waals surface area contributed by atoms with Crippen molar-refractivity contribution in [2.24, 2.45) is 0 Å². The van der Waals surface area contributed by atoms with Crippen molar-refractivity contribution in [3.63, 3.8) is 0 Å². The molecule has 1 aliphatic rings. The van der Waals surface area contributed by atoms with E-state index in [9.17, 15) is 8.42 Å². The van der Waals surface area contributed by atoms with Gasteiger partial charge in [-0.05, 0) is 24.6 Å². The summed E-state index contributed by atoms with van der Waals surface area (Å²) in [6.45, 7) is 8.65. The molecule has 0 aliphatic carbocycles. The Hall–Kier alpha value is -1.69. The van der Waals surface area contributed by atoms with Gasteiger partial charge >= 0.3 is 0 Å². The molecule has 1 heterocycles. The van der Waals surface area contributed by atoms with Gasteiger partial charge in [0.05, 0.1) is 19.0 Å². The van der Waals surface area contributed by atoms with E-state index >= 15 is 0 Å². The Labute approximate surface area is 152 Å². The highest BCUT2D eigenvalue weighted by atomic mass is 32.2. The van der Waals surface area contributed by atoms with Crippen LogP contribution in [0.25, 0.3) is 6.08 Å². The summed E-state index contributed by atoms with van der Waals surface area (Å²) >= 11 is 0. The predicted molar refractivity (Wildman–Crippen MR) is 107 cm³/mol. The minimum atomic E-state index is -3.45. The smallest absolute Gasteiger partial charge is 0.207 e. The molecule has 0 saturated carbocycles. The van der Waals surface area contributed by atoms with Crippen LogP contribution in [0.4, 0.5) is 0 Å². The van der Waals surface area contributed by atoms with Crippen molar-refractivity contribution in [2.45, 2.75) is 43.2 Å². The lowest BCUT2D eigenvalue weighted by atomic mass is 10.2. The maximum Gasteiger partial charge on any atom is 0.243 e. The zero-order valence-corrected chi connectivity index (χ0v) is 17.0. The Bertz CT molecular complexity index is 868. The molecule has 25 heavy (non-hydrogen) atoms. The van der Waals surface area contributed by atoms with Gasteiger partial charge in [-0.3, -0.25) is 0 Å². The van der Waals surface area contributed by atoms with Crippen LogP contribution in [0.5, 0.6) is 0 Å². The van der Waals surface area contributed by atoms with Gasteiger partial charge in [-0.25, -0.2) is 8.42 Å². The summed E-state index contributed by atoms with van der Waals surface area (Å²) in [5.74, 6) is 0. The molecule has 0 spiro atoms. The summed E-state index contributed by atoms with van der Waals surface area (Å²) in [6.07, 6.45) is 4.08. The molecular weight excluding hydrogens is 346 g/mol. The number of aryl methyl sites for hydroxylation is 1. The van der Waals surface area contributed by atoms with Crippen molar-refractivity contribution in [2.75, 3.05) is 0 Å². The normalized spacial score (nSPS) is 23.8. The van der Waals surface area contributed by atoms with Gasteiger partial charge in [0, 0.05) is 5.67 Å². The lowest BCUT2D eigenvalue weighted by Gasteiger charge is -2.15. The highest BCUT2D eigenvalue weighted by Crippen LogP contribution is 2.42. The SMILES string of the molecule is Cc1ccc(S(=O)(=O)N2[C@H]([Si](C)(C)C)[C@@H]2/C=C/c2ccccc2)cc1. The van der Waals surface area contributed by atoms with E-state index in [-0.39, 0.29) is 11.7 Å². The van der Waals surface area contributed by atoms with Crippen LogP contribution in [0, 0.1) is 6.92 Å². The molecule has 0 bridgehead atoms. The van der Waals surface area contributed by atoms with E-state index in [2.05, 4.69) is 19.6 Å². The highest BCUT2D eigenvalue weighted by molar-refractivity contribution is 7.89. The molecule has 1 fully saturated rings. The molecule has 1 aliphatic heterocycles. The Balaban J connectivity index is 1.90. The number of hydrogen-bond donors (Lipinski definition) is 0. The Kier molecular flexibility index (Phi) is 4.75. The van der Waals surface area contributed by atoms with E-state index in [1.807, 2.05) is 61.5 Å². The third kappa shape index (κ3) is 3.78. The average Bonchev–Trinajstić information content (AvgIpc) is 3.30. The van der Waals surface area contributed by atoms with E-state index in [0.717, 1.165) is 11.1 Å². The van der Waals surface area contributed by atoms with E-state index < -0.39 is 18.1 Å². The summed E-state index contributed by atoms with van der Waals surface area (Å²) in [7, 11) is -5.10. The summed E-state index contributed by atoms with van der Waals surface area (Å²) in [5.41, 5.74) is 2.27. The molecule has 132 valence electrons. The molecule has 2 aromatic rings. The summed E-state index contributed by atoms with van der Waals surface area (Å²) in [4.78, 5) is 0.386. The fraction of sp³-hybridized carbons (Fsp3) is 0.300. The van der Waals surface area contributed by atoms with Crippen LogP contribution in [0.3, 0.4) is 0 Å². The minimum Gasteiger partial charge on any atom is -0.207 e. The molecule has 0 radical (unpaired) electrons. The number of hydrogen-bond acceptors (Lipinski definition) is 2. The zero-order valence-electron chi connectivity index (χ0n) is 15.2. The standard InChI is InChI=1S/C20H25NO2SSi/c1-16-10-13-18(14-11-16)24(22,23)21-19(20(21)25(2,3)4)15-12-17-8-6-5-7-9-17/h5-15,19-20H,1-4H3/b15-12+/t19-,20+,21?/m0/s1. The molecule has 0 N–H and O–H groups in total. The maximum atomic E-state index is 13.1. The molecule has 2 aromatic carbocycles. The molecular formula is C20H25NO2SSi. The van der Waals surface area contributed by atoms with Crippen molar-refractivity contribution in [3.8, 4) is 0 Å². The van der Waals surface area contributed by atoms with Crippen LogP contribution in [-0.2, 0) is 10.0 Å². The molecule has 0 aromatic heterocycles. The third-order valence-electron chi connectivity index (χ3n) is 4.57. The largest absolute Gasteiger partial charge is 0.243 e. The molecule has 3 nitrogen and oxygen atoms in total. The first-order valence-corrected chi connectivity index (χ1v) is 13.6. The van der Waals surface area contributed by atoms with Crippen molar-refractivity contribution in [1.82, 2.24) is 4.31 Å². The molecule has 3 rings (SSSR count). The maximum absolute atomic E-state index is 13.1. The van der Waals surface area contributed by atoms with E-state index in [4.69, 9.17) is 0 Å². The summed E-state index contributed by atoms with van der Waals surface area (Å²) in [5, 5.41) is 0. The van der Waals surface area contributed by atoms with Crippen LogP contribution in [0.15, 0.2) is 65.6 Å². The molecule has 0 amide bonds. The minimum absolute atomic E-state index is 0.0434. The molecule has 1 unspecified atom stereocenters. The summed E-state index contributed by atoms with van der Waals surface area (Å²) < 4.78 is 27.9. The first kappa shape index (κ1) is 18.1. The number of sulfonamides is 1. The van der Waals surface area contributed by atoms with Crippen molar-refractivity contribution in [3.05, 3.63) is 71.8 Å². The third-order valence-corrected chi connectivity index (χ3v) is 9.05. The van der Waals surface area contributed by atoms with Crippen LogP contribution in [0.2, 0.25) is 19.6 Å². The first-order valence-electron chi connectivity index (χ1n) is 8.55. The van der Waals surface area contributed by atoms with Crippen LogP contribution < -0.4 is 0 Å². The fourth-order valence-corrected chi connectivity index (χ4v) is 8.45. The lowest BCUT2D eigenvalue weighted by molar-refractivity contribution is 0.555. The van der Waals surface area contributed by atoms with E-state index in [1.165, 1.54) is 0 Å². The van der Waals surface area contributed by atoms with Crippen molar-refractivity contribution in [1.29, 1.82) is 0 Å². The van der Waals surface area contributed by atoms with Gasteiger partial charge in [-0.15, -0.1) is 0 Å². The second-order valence-corrected chi connectivity index (χ2v) is 14.9. The Morgan fingerprint density at radius 3 is 2.12 bits per heavy atom. The monoisotopic (exact) mass is 371 g/mol. The van der Waals surface area contributed by atoms with Gasteiger partial charge < -0.3 is 0 Å². The van der Waals surface area contributed by atoms with Gasteiger partial charge in [0.2, 0.25) is 10.0 Å². The molecule has 5 heteroatoms. The number of rotatable bonds is 5. The first-order chi connectivity index (χ1) is 11.7. The van der Waals surface area contributed by atoms with Crippen molar-refractivity contribution < 1.29 is 8.42 Å². The van der Waals surface area contributed by atoms with Crippen LogP contribution in [0.1, 0.15) is 11.1 Å². The average molecular weight is 372 g/mol. The number of nitrogens with zero attached hydrogens (tertiary/aromatic N) is 1.